The van der Waals surface area contributed by atoms with Crippen molar-refractivity contribution < 1.29 is 9.59 Å². The van der Waals surface area contributed by atoms with Crippen LogP contribution in [0.5, 0.6) is 0 Å². The van der Waals surface area contributed by atoms with E-state index in [4.69, 9.17) is 0 Å². The highest BCUT2D eigenvalue weighted by Crippen LogP contribution is 2.32. The summed E-state index contributed by atoms with van der Waals surface area (Å²) in [5.74, 6) is -1.28. The third kappa shape index (κ3) is 4.48. The maximum Gasteiger partial charge on any atom is 0.313 e. The van der Waals surface area contributed by atoms with Gasteiger partial charge in [-0.1, -0.05) is 30.3 Å². The molecule has 0 radical (unpaired) electrons. The lowest BCUT2D eigenvalue weighted by atomic mass is 10.0. The van der Waals surface area contributed by atoms with Gasteiger partial charge in [0, 0.05) is 36.9 Å². The van der Waals surface area contributed by atoms with Gasteiger partial charge in [0.2, 0.25) is 0 Å². The number of carbonyl (C=O) groups excluding carboxylic acids is 2. The molecule has 0 aliphatic carbocycles. The normalized spacial score (nSPS) is 16.5. The fraction of sp³-hybridized carbons (Fsp3) is 0.370. The predicted octanol–water partition coefficient (Wildman–Crippen LogP) is 3.43. The van der Waals surface area contributed by atoms with Crippen LogP contribution in [0.2, 0.25) is 0 Å². The van der Waals surface area contributed by atoms with E-state index >= 15 is 0 Å². The molecule has 1 aromatic heterocycles. The smallest absolute Gasteiger partial charge is 0.313 e. The van der Waals surface area contributed by atoms with Crippen LogP contribution in [-0.2, 0) is 16.0 Å². The largest absolute Gasteiger partial charge is 0.374 e. The third-order valence-corrected chi connectivity index (χ3v) is 6.95. The lowest BCUT2D eigenvalue weighted by Gasteiger charge is -2.28. The zero-order chi connectivity index (χ0) is 23.7. The summed E-state index contributed by atoms with van der Waals surface area (Å²) in [6.45, 7) is 5.32. The number of carbonyl (C=O) groups is 2. The lowest BCUT2D eigenvalue weighted by Crippen LogP contribution is -2.41. The van der Waals surface area contributed by atoms with Crippen molar-refractivity contribution in [3.63, 3.8) is 0 Å². The molecular formula is C27H31N5O2. The first-order valence-corrected chi connectivity index (χ1v) is 12.0. The van der Waals surface area contributed by atoms with Gasteiger partial charge in [0.1, 0.15) is 0 Å². The number of likely N-dealkylation sites (N-methyl/N-ethyl adjacent to an activating group) is 1. The first-order valence-electron chi connectivity index (χ1n) is 12.0. The van der Waals surface area contributed by atoms with Gasteiger partial charge >= 0.3 is 11.8 Å². The Labute approximate surface area is 200 Å². The number of nitrogens with zero attached hydrogens (tertiary/aromatic N) is 3. The summed E-state index contributed by atoms with van der Waals surface area (Å²) in [7, 11) is 2.12. The first-order chi connectivity index (χ1) is 16.5. The summed E-state index contributed by atoms with van der Waals surface area (Å²) in [6, 6.07) is 16.1. The SMILES string of the molecule is Cc1cc(NC(=O)C(=O)NC[C@@H](c2ccc3c(c2)CCN3C)N2CCCC2)c2ccccc2n1. The third-order valence-electron chi connectivity index (χ3n) is 6.95. The monoisotopic (exact) mass is 457 g/mol. The molecule has 2 aliphatic heterocycles. The van der Waals surface area contributed by atoms with Gasteiger partial charge < -0.3 is 15.5 Å². The molecule has 176 valence electrons. The average Bonchev–Trinajstić information content (AvgIpc) is 3.49. The van der Waals surface area contributed by atoms with E-state index in [9.17, 15) is 9.59 Å². The zero-order valence-electron chi connectivity index (χ0n) is 19.8. The van der Waals surface area contributed by atoms with E-state index in [0.29, 0.717) is 12.2 Å². The number of hydrogen-bond donors (Lipinski definition) is 2. The van der Waals surface area contributed by atoms with Crippen molar-refractivity contribution in [3.05, 3.63) is 65.4 Å². The minimum Gasteiger partial charge on any atom is -0.374 e. The molecule has 3 heterocycles. The van der Waals surface area contributed by atoms with E-state index in [1.165, 1.54) is 16.8 Å². The Morgan fingerprint density at radius 2 is 1.82 bits per heavy atom. The van der Waals surface area contributed by atoms with Crippen LogP contribution in [-0.4, -0.2) is 54.9 Å². The zero-order valence-corrected chi connectivity index (χ0v) is 19.8. The highest BCUT2D eigenvalue weighted by Gasteiger charge is 2.27. The number of hydrogen-bond acceptors (Lipinski definition) is 5. The van der Waals surface area contributed by atoms with Crippen molar-refractivity contribution in [2.75, 3.05) is 43.4 Å². The fourth-order valence-electron chi connectivity index (χ4n) is 5.16. The number of aryl methyl sites for hydroxylation is 1. The van der Waals surface area contributed by atoms with Gasteiger partial charge in [0.25, 0.3) is 0 Å². The summed E-state index contributed by atoms with van der Waals surface area (Å²) in [6.07, 6.45) is 3.36. The van der Waals surface area contributed by atoms with Gasteiger partial charge in [-0.05, 0) is 68.6 Å². The molecule has 1 atom stereocenters. The van der Waals surface area contributed by atoms with E-state index in [1.54, 1.807) is 6.07 Å². The Bertz CT molecular complexity index is 1230. The molecule has 2 aromatic carbocycles. The van der Waals surface area contributed by atoms with Crippen molar-refractivity contribution in [2.24, 2.45) is 0 Å². The summed E-state index contributed by atoms with van der Waals surface area (Å²) in [5.41, 5.74) is 6.01. The quantitative estimate of drug-likeness (QED) is 0.574. The van der Waals surface area contributed by atoms with E-state index in [1.807, 2.05) is 31.2 Å². The molecule has 2 amide bonds. The molecule has 2 aliphatic rings. The van der Waals surface area contributed by atoms with Crippen molar-refractivity contribution in [3.8, 4) is 0 Å². The number of nitrogens with one attached hydrogen (secondary N) is 2. The topological polar surface area (TPSA) is 77.6 Å². The second-order valence-electron chi connectivity index (χ2n) is 9.31. The molecule has 1 saturated heterocycles. The van der Waals surface area contributed by atoms with Crippen molar-refractivity contribution in [1.29, 1.82) is 0 Å². The van der Waals surface area contributed by atoms with Crippen LogP contribution in [0.1, 0.15) is 35.7 Å². The highest BCUT2D eigenvalue weighted by molar-refractivity contribution is 6.40. The van der Waals surface area contributed by atoms with Gasteiger partial charge in [-0.25, -0.2) is 0 Å². The Morgan fingerprint density at radius 3 is 2.65 bits per heavy atom. The molecule has 34 heavy (non-hydrogen) atoms. The molecule has 7 heteroatoms. The van der Waals surface area contributed by atoms with Crippen LogP contribution in [0.3, 0.4) is 0 Å². The van der Waals surface area contributed by atoms with E-state index < -0.39 is 11.8 Å². The highest BCUT2D eigenvalue weighted by atomic mass is 16.2. The fourth-order valence-corrected chi connectivity index (χ4v) is 5.16. The number of fused-ring (bicyclic) bond motifs is 2. The Hall–Kier alpha value is -3.45. The molecule has 0 bridgehead atoms. The number of amides is 2. The summed E-state index contributed by atoms with van der Waals surface area (Å²) in [5, 5.41) is 6.50. The molecule has 1 fully saturated rings. The van der Waals surface area contributed by atoms with E-state index in [0.717, 1.165) is 55.5 Å². The molecule has 7 nitrogen and oxygen atoms in total. The molecule has 0 spiro atoms. The van der Waals surface area contributed by atoms with Gasteiger partial charge in [0.05, 0.1) is 17.2 Å². The number of likely N-dealkylation sites (tertiary alicyclic amines) is 1. The van der Waals surface area contributed by atoms with Crippen molar-refractivity contribution in [1.82, 2.24) is 15.2 Å². The van der Waals surface area contributed by atoms with Crippen molar-refractivity contribution in [2.45, 2.75) is 32.2 Å². The maximum atomic E-state index is 12.8. The number of para-hydroxylation sites is 1. The van der Waals surface area contributed by atoms with Crippen LogP contribution in [0.15, 0.2) is 48.5 Å². The summed E-state index contributed by atoms with van der Waals surface area (Å²) in [4.78, 5) is 34.7. The van der Waals surface area contributed by atoms with Gasteiger partial charge in [-0.15, -0.1) is 0 Å². The minimum absolute atomic E-state index is 0.0551. The Morgan fingerprint density at radius 1 is 1.03 bits per heavy atom. The summed E-state index contributed by atoms with van der Waals surface area (Å²) < 4.78 is 0. The molecule has 3 aromatic rings. The number of benzene rings is 2. The van der Waals surface area contributed by atoms with Gasteiger partial charge in [-0.3, -0.25) is 19.5 Å². The van der Waals surface area contributed by atoms with Crippen LogP contribution in [0.25, 0.3) is 10.9 Å². The number of aromatic nitrogens is 1. The molecule has 0 unspecified atom stereocenters. The van der Waals surface area contributed by atoms with Crippen LogP contribution >= 0.6 is 0 Å². The second-order valence-corrected chi connectivity index (χ2v) is 9.31. The predicted molar refractivity (Wildman–Crippen MR) is 135 cm³/mol. The van der Waals surface area contributed by atoms with Crippen LogP contribution < -0.4 is 15.5 Å². The molecule has 5 rings (SSSR count). The lowest BCUT2D eigenvalue weighted by molar-refractivity contribution is -0.136. The summed E-state index contributed by atoms with van der Waals surface area (Å²) >= 11 is 0. The van der Waals surface area contributed by atoms with Gasteiger partial charge in [-0.2, -0.15) is 0 Å². The maximum absolute atomic E-state index is 12.8. The van der Waals surface area contributed by atoms with Gasteiger partial charge in [0.15, 0.2) is 0 Å². The molecule has 2 N–H and O–H groups in total. The number of anilines is 2. The Kier molecular flexibility index (Phi) is 6.20. The first kappa shape index (κ1) is 22.3. The van der Waals surface area contributed by atoms with E-state index in [2.05, 4.69) is 50.7 Å². The Balaban J connectivity index is 1.30. The van der Waals surface area contributed by atoms with Crippen molar-refractivity contribution >= 4 is 34.1 Å². The molecular weight excluding hydrogens is 426 g/mol. The van der Waals surface area contributed by atoms with E-state index in [-0.39, 0.29) is 6.04 Å². The number of pyridine rings is 1. The second kappa shape index (κ2) is 9.43. The van der Waals surface area contributed by atoms with Crippen LogP contribution in [0.4, 0.5) is 11.4 Å². The molecule has 0 saturated carbocycles. The minimum atomic E-state index is -0.661. The standard InChI is InChI=1S/C27H31N5O2/c1-18-15-23(21-7-3-4-8-22(21)29-18)30-27(34)26(33)28-17-25(32-12-5-6-13-32)19-9-10-24-20(16-19)11-14-31(24)2/h3-4,7-10,15-16,25H,5-6,11-14,17H2,1-2H3,(H,28,33)(H,29,30,34)/t25-/m0/s1. The van der Waals surface area contributed by atoms with Crippen LogP contribution in [0, 0.1) is 6.92 Å². The number of rotatable bonds is 5. The average molecular weight is 458 g/mol.